The molecule has 2 aromatic rings. The summed E-state index contributed by atoms with van der Waals surface area (Å²) in [5, 5.41) is 0. The summed E-state index contributed by atoms with van der Waals surface area (Å²) in [5.74, 6) is 1.07. The lowest BCUT2D eigenvalue weighted by molar-refractivity contribution is 0.685. The minimum atomic E-state index is 1.03. The maximum Gasteiger partial charge on any atom is 0.139 e. The van der Waals surface area contributed by atoms with Crippen LogP contribution in [0.2, 0.25) is 0 Å². The van der Waals surface area contributed by atoms with Crippen molar-refractivity contribution < 1.29 is 0 Å². The monoisotopic (exact) mass is 200 g/mol. The number of hydrogen-bond acceptors (Lipinski definition) is 1. The summed E-state index contributed by atoms with van der Waals surface area (Å²) in [6, 6.07) is 8.51. The predicted octanol–water partition coefficient (Wildman–Crippen LogP) is 3.27. The molecule has 0 bridgehead atoms. The van der Waals surface area contributed by atoms with Gasteiger partial charge in [-0.05, 0) is 13.3 Å². The lowest BCUT2D eigenvalue weighted by Crippen LogP contribution is -1.98. The zero-order chi connectivity index (χ0) is 10.7. The quantitative estimate of drug-likeness (QED) is 0.743. The van der Waals surface area contributed by atoms with Crippen LogP contribution in [0.1, 0.15) is 18.9 Å². The highest BCUT2D eigenvalue weighted by atomic mass is 15.1. The molecule has 0 unspecified atom stereocenters. The fourth-order valence-corrected chi connectivity index (χ4v) is 1.69. The van der Waals surface area contributed by atoms with E-state index in [0.29, 0.717) is 0 Å². The second kappa shape index (κ2) is 4.30. The van der Waals surface area contributed by atoms with E-state index in [9.17, 15) is 0 Å². The molecule has 1 aromatic carbocycles. The lowest BCUT2D eigenvalue weighted by atomic mass is 10.1. The van der Waals surface area contributed by atoms with Gasteiger partial charge >= 0.3 is 0 Å². The summed E-state index contributed by atoms with van der Waals surface area (Å²) in [6.07, 6.45) is 5.04. The smallest absolute Gasteiger partial charge is 0.139 e. The number of rotatable bonds is 3. The van der Waals surface area contributed by atoms with Gasteiger partial charge in [-0.1, -0.05) is 36.8 Å². The fourth-order valence-electron chi connectivity index (χ4n) is 1.69. The van der Waals surface area contributed by atoms with Gasteiger partial charge in [0, 0.05) is 24.5 Å². The van der Waals surface area contributed by atoms with Gasteiger partial charge in [0.05, 0.1) is 0 Å². The van der Waals surface area contributed by atoms with Crippen LogP contribution in [-0.2, 0) is 6.54 Å². The Bertz CT molecular complexity index is 426. The van der Waals surface area contributed by atoms with Crippen LogP contribution in [0.15, 0.2) is 36.7 Å². The average molecular weight is 200 g/mol. The topological polar surface area (TPSA) is 17.8 Å². The Labute approximate surface area is 90.6 Å². The first-order chi connectivity index (χ1) is 7.31. The van der Waals surface area contributed by atoms with Crippen LogP contribution in [0.5, 0.6) is 0 Å². The molecule has 0 atom stereocenters. The van der Waals surface area contributed by atoms with Crippen molar-refractivity contribution in [2.45, 2.75) is 26.8 Å². The SMILES string of the molecule is CCCn1ccnc1-c1ccc(C)cc1. The Hall–Kier alpha value is -1.57. The fraction of sp³-hybridized carbons (Fsp3) is 0.308. The largest absolute Gasteiger partial charge is 0.331 e. The van der Waals surface area contributed by atoms with Crippen LogP contribution in [-0.4, -0.2) is 9.55 Å². The van der Waals surface area contributed by atoms with Crippen molar-refractivity contribution in [2.75, 3.05) is 0 Å². The highest BCUT2D eigenvalue weighted by Crippen LogP contribution is 2.18. The summed E-state index contributed by atoms with van der Waals surface area (Å²) < 4.78 is 2.20. The van der Waals surface area contributed by atoms with Gasteiger partial charge in [0.2, 0.25) is 0 Å². The van der Waals surface area contributed by atoms with E-state index in [0.717, 1.165) is 18.8 Å². The second-order valence-corrected chi connectivity index (χ2v) is 3.81. The van der Waals surface area contributed by atoms with Gasteiger partial charge in [0.1, 0.15) is 5.82 Å². The van der Waals surface area contributed by atoms with Gasteiger partial charge in [-0.15, -0.1) is 0 Å². The van der Waals surface area contributed by atoms with Gasteiger partial charge in [-0.3, -0.25) is 0 Å². The number of imidazole rings is 1. The first-order valence-electron chi connectivity index (χ1n) is 5.39. The molecule has 0 fully saturated rings. The van der Waals surface area contributed by atoms with Crippen molar-refractivity contribution in [2.24, 2.45) is 0 Å². The minimum Gasteiger partial charge on any atom is -0.331 e. The highest BCUT2D eigenvalue weighted by molar-refractivity contribution is 5.55. The number of hydrogen-bond donors (Lipinski definition) is 0. The van der Waals surface area contributed by atoms with E-state index in [-0.39, 0.29) is 0 Å². The first-order valence-corrected chi connectivity index (χ1v) is 5.39. The van der Waals surface area contributed by atoms with Crippen molar-refractivity contribution >= 4 is 0 Å². The van der Waals surface area contributed by atoms with E-state index in [1.807, 2.05) is 12.4 Å². The third-order valence-corrected chi connectivity index (χ3v) is 2.49. The van der Waals surface area contributed by atoms with Crippen LogP contribution < -0.4 is 0 Å². The van der Waals surface area contributed by atoms with E-state index in [2.05, 4.69) is 47.7 Å². The molecule has 0 aliphatic heterocycles. The van der Waals surface area contributed by atoms with Gasteiger partial charge in [-0.25, -0.2) is 4.98 Å². The molecule has 0 radical (unpaired) electrons. The molecular formula is C13H16N2. The molecule has 0 aliphatic carbocycles. The molecule has 1 aromatic heterocycles. The summed E-state index contributed by atoms with van der Waals surface area (Å²) in [6.45, 7) is 5.31. The maximum atomic E-state index is 4.40. The summed E-state index contributed by atoms with van der Waals surface area (Å²) >= 11 is 0. The van der Waals surface area contributed by atoms with Crippen molar-refractivity contribution in [1.29, 1.82) is 0 Å². The van der Waals surface area contributed by atoms with Crippen LogP contribution in [0.3, 0.4) is 0 Å². The van der Waals surface area contributed by atoms with E-state index >= 15 is 0 Å². The zero-order valence-corrected chi connectivity index (χ0v) is 9.27. The van der Waals surface area contributed by atoms with Crippen molar-refractivity contribution in [3.8, 4) is 11.4 Å². The molecule has 2 rings (SSSR count). The Balaban J connectivity index is 2.36. The summed E-state index contributed by atoms with van der Waals surface area (Å²) in [4.78, 5) is 4.40. The number of benzene rings is 1. The Morgan fingerprint density at radius 1 is 1.20 bits per heavy atom. The van der Waals surface area contributed by atoms with E-state index in [1.165, 1.54) is 11.1 Å². The van der Waals surface area contributed by atoms with Crippen LogP contribution in [0, 0.1) is 6.92 Å². The van der Waals surface area contributed by atoms with Crippen molar-refractivity contribution in [1.82, 2.24) is 9.55 Å². The zero-order valence-electron chi connectivity index (χ0n) is 9.27. The van der Waals surface area contributed by atoms with Gasteiger partial charge < -0.3 is 4.57 Å². The normalized spacial score (nSPS) is 10.5. The number of aromatic nitrogens is 2. The molecule has 0 saturated heterocycles. The summed E-state index contributed by atoms with van der Waals surface area (Å²) in [5.41, 5.74) is 2.48. The van der Waals surface area contributed by atoms with E-state index < -0.39 is 0 Å². The molecule has 2 nitrogen and oxygen atoms in total. The van der Waals surface area contributed by atoms with Crippen LogP contribution >= 0.6 is 0 Å². The Morgan fingerprint density at radius 3 is 2.60 bits per heavy atom. The van der Waals surface area contributed by atoms with Gasteiger partial charge in [0.25, 0.3) is 0 Å². The van der Waals surface area contributed by atoms with E-state index in [4.69, 9.17) is 0 Å². The average Bonchev–Trinajstić information content (AvgIpc) is 2.68. The molecule has 0 N–H and O–H groups in total. The molecular weight excluding hydrogens is 184 g/mol. The third kappa shape index (κ3) is 2.09. The third-order valence-electron chi connectivity index (χ3n) is 2.49. The van der Waals surface area contributed by atoms with Crippen molar-refractivity contribution in [3.05, 3.63) is 42.2 Å². The summed E-state index contributed by atoms with van der Waals surface area (Å²) in [7, 11) is 0. The molecule has 2 heteroatoms. The minimum absolute atomic E-state index is 1.03. The maximum absolute atomic E-state index is 4.40. The molecule has 78 valence electrons. The Kier molecular flexibility index (Phi) is 2.86. The standard InChI is InChI=1S/C13H16N2/c1-3-9-15-10-8-14-13(15)12-6-4-11(2)5-7-12/h4-8,10H,3,9H2,1-2H3. The molecule has 1 heterocycles. The van der Waals surface area contributed by atoms with Crippen molar-refractivity contribution in [3.63, 3.8) is 0 Å². The molecule has 0 aliphatic rings. The first kappa shape index (κ1) is 9.97. The molecule has 0 spiro atoms. The Morgan fingerprint density at radius 2 is 1.93 bits per heavy atom. The van der Waals surface area contributed by atoms with Crippen LogP contribution in [0.25, 0.3) is 11.4 Å². The predicted molar refractivity (Wildman–Crippen MR) is 62.7 cm³/mol. The molecule has 15 heavy (non-hydrogen) atoms. The van der Waals surface area contributed by atoms with Gasteiger partial charge in [-0.2, -0.15) is 0 Å². The number of aryl methyl sites for hydroxylation is 2. The molecule has 0 saturated carbocycles. The second-order valence-electron chi connectivity index (χ2n) is 3.81. The molecule has 0 amide bonds. The van der Waals surface area contributed by atoms with Gasteiger partial charge in [0.15, 0.2) is 0 Å². The van der Waals surface area contributed by atoms with E-state index in [1.54, 1.807) is 0 Å². The highest BCUT2D eigenvalue weighted by Gasteiger charge is 2.03. The number of nitrogens with zero attached hydrogens (tertiary/aromatic N) is 2. The lowest BCUT2D eigenvalue weighted by Gasteiger charge is -2.06. The van der Waals surface area contributed by atoms with Crippen LogP contribution in [0.4, 0.5) is 0 Å².